The van der Waals surface area contributed by atoms with Crippen molar-refractivity contribution in [1.82, 2.24) is 4.90 Å². The van der Waals surface area contributed by atoms with Crippen LogP contribution >= 0.6 is 0 Å². The van der Waals surface area contributed by atoms with Crippen molar-refractivity contribution in [2.75, 3.05) is 19.1 Å². The molecule has 1 aromatic carbocycles. The summed E-state index contributed by atoms with van der Waals surface area (Å²) in [6.07, 6.45) is 0. The highest BCUT2D eigenvalue weighted by Gasteiger charge is 2.36. The Kier molecular flexibility index (Phi) is 5.32. The number of nitriles is 1. The Balaban J connectivity index is 2.48. The van der Waals surface area contributed by atoms with Crippen LogP contribution in [0.15, 0.2) is 34.4 Å². The van der Waals surface area contributed by atoms with E-state index < -0.39 is 16.7 Å². The Bertz CT molecular complexity index is 897. The van der Waals surface area contributed by atoms with Crippen LogP contribution in [0.25, 0.3) is 0 Å². The number of benzene rings is 1. The number of nitrogens with zero attached hydrogens (tertiary/aromatic N) is 4. The lowest BCUT2D eigenvalue weighted by molar-refractivity contribution is -0.384. The zero-order chi connectivity index (χ0) is 19.4. The molecule has 1 heterocycles. The molecule has 26 heavy (non-hydrogen) atoms. The van der Waals surface area contributed by atoms with Gasteiger partial charge < -0.3 is 4.74 Å². The second kappa shape index (κ2) is 7.43. The third-order valence-electron chi connectivity index (χ3n) is 3.75. The normalized spacial score (nSPS) is 15.9. The molecule has 0 atom stereocenters. The first-order valence-electron chi connectivity index (χ1n) is 7.49. The first-order chi connectivity index (χ1) is 12.3. The van der Waals surface area contributed by atoms with Gasteiger partial charge in [-0.05, 0) is 26.0 Å². The molecule has 2 rings (SSSR count). The number of hydrazone groups is 1. The average Bonchev–Trinajstić information content (AvgIpc) is 2.62. The Morgan fingerprint density at radius 3 is 2.62 bits per heavy atom. The lowest BCUT2D eigenvalue weighted by Gasteiger charge is -2.25. The van der Waals surface area contributed by atoms with Crippen LogP contribution in [-0.2, 0) is 9.59 Å². The zero-order valence-electron chi connectivity index (χ0n) is 14.3. The number of rotatable bonds is 5. The molecule has 134 valence electrons. The molecule has 10 nitrogen and oxygen atoms in total. The fourth-order valence-corrected chi connectivity index (χ4v) is 2.34. The predicted octanol–water partition coefficient (Wildman–Crippen LogP) is 1.60. The molecule has 1 aliphatic rings. The number of hydrogen-bond donors (Lipinski definition) is 1. The molecule has 0 unspecified atom stereocenters. The van der Waals surface area contributed by atoms with E-state index in [0.717, 1.165) is 4.90 Å². The molecule has 0 radical (unpaired) electrons. The van der Waals surface area contributed by atoms with Gasteiger partial charge in [-0.15, -0.1) is 0 Å². The summed E-state index contributed by atoms with van der Waals surface area (Å²) in [5.74, 6) is -1.08. The highest BCUT2D eigenvalue weighted by molar-refractivity contribution is 6.50. The van der Waals surface area contributed by atoms with Gasteiger partial charge in [-0.3, -0.25) is 30.0 Å². The Morgan fingerprint density at radius 2 is 2.08 bits per heavy atom. The van der Waals surface area contributed by atoms with E-state index in [4.69, 9.17) is 10.00 Å². The van der Waals surface area contributed by atoms with Crippen molar-refractivity contribution in [2.24, 2.45) is 5.10 Å². The summed E-state index contributed by atoms with van der Waals surface area (Å²) in [6, 6.07) is 5.83. The van der Waals surface area contributed by atoms with E-state index in [2.05, 4.69) is 10.5 Å². The van der Waals surface area contributed by atoms with Gasteiger partial charge in [0.2, 0.25) is 0 Å². The monoisotopic (exact) mass is 357 g/mol. The number of imide groups is 1. The van der Waals surface area contributed by atoms with Crippen LogP contribution in [-0.4, -0.2) is 41.0 Å². The van der Waals surface area contributed by atoms with Crippen molar-refractivity contribution in [3.63, 3.8) is 0 Å². The van der Waals surface area contributed by atoms with Gasteiger partial charge in [0.05, 0.1) is 18.1 Å². The number of nitro groups is 1. The molecule has 1 aromatic rings. The summed E-state index contributed by atoms with van der Waals surface area (Å²) >= 11 is 0. The molecule has 0 aliphatic carbocycles. The fraction of sp³-hybridized carbons (Fsp3) is 0.250. The molecule has 1 N–H and O–H groups in total. The van der Waals surface area contributed by atoms with Gasteiger partial charge >= 0.3 is 0 Å². The van der Waals surface area contributed by atoms with Gasteiger partial charge in [-0.2, -0.15) is 10.4 Å². The summed E-state index contributed by atoms with van der Waals surface area (Å²) in [5.41, 5.74) is 1.95. The number of carbonyl (C=O) groups is 2. The third-order valence-corrected chi connectivity index (χ3v) is 3.75. The summed E-state index contributed by atoms with van der Waals surface area (Å²) in [7, 11) is 1.38. The maximum Gasteiger partial charge on any atom is 0.297 e. The minimum atomic E-state index is -0.688. The second-order valence-electron chi connectivity index (χ2n) is 5.18. The highest BCUT2D eigenvalue weighted by Crippen LogP contribution is 2.29. The summed E-state index contributed by atoms with van der Waals surface area (Å²) in [4.78, 5) is 36.0. The molecule has 0 bridgehead atoms. The number of nitrogens with one attached hydrogen (secondary N) is 1. The van der Waals surface area contributed by atoms with E-state index in [-0.39, 0.29) is 40.5 Å². The fourth-order valence-electron chi connectivity index (χ4n) is 2.34. The Morgan fingerprint density at radius 1 is 1.38 bits per heavy atom. The van der Waals surface area contributed by atoms with Crippen molar-refractivity contribution in [2.45, 2.75) is 13.8 Å². The van der Waals surface area contributed by atoms with Crippen molar-refractivity contribution in [1.29, 1.82) is 5.26 Å². The molecule has 0 saturated carbocycles. The quantitative estimate of drug-likeness (QED) is 0.480. The predicted molar refractivity (Wildman–Crippen MR) is 91.4 cm³/mol. The SMILES string of the molecule is CCN1C(=O)C(C#N)=C(C)/C(=N/Nc2ccc(OC)cc2[N+](=O)[O-])C1=O. The third kappa shape index (κ3) is 3.23. The highest BCUT2D eigenvalue weighted by atomic mass is 16.6. The standard InChI is InChI=1S/C16H15N5O5/c1-4-20-15(22)11(8-17)9(2)14(16(20)23)19-18-12-6-5-10(26-3)7-13(12)21(24)25/h5-7,18H,4H2,1-3H3/b19-14-. The zero-order valence-corrected chi connectivity index (χ0v) is 14.3. The van der Waals surface area contributed by atoms with Crippen LogP contribution in [0.3, 0.4) is 0 Å². The maximum absolute atomic E-state index is 12.4. The van der Waals surface area contributed by atoms with Crippen LogP contribution in [0.1, 0.15) is 13.8 Å². The van der Waals surface area contributed by atoms with Crippen LogP contribution in [0.5, 0.6) is 5.75 Å². The molecule has 1 aliphatic heterocycles. The lowest BCUT2D eigenvalue weighted by atomic mass is 9.99. The molecular weight excluding hydrogens is 342 g/mol. The molecule has 0 aromatic heterocycles. The first-order valence-corrected chi connectivity index (χ1v) is 7.49. The van der Waals surface area contributed by atoms with Crippen molar-refractivity contribution >= 4 is 28.9 Å². The maximum atomic E-state index is 12.4. The number of anilines is 1. The smallest absolute Gasteiger partial charge is 0.297 e. The molecule has 2 amide bonds. The topological polar surface area (TPSA) is 138 Å². The number of hydrogen-bond acceptors (Lipinski definition) is 8. The van der Waals surface area contributed by atoms with Gasteiger partial charge in [-0.1, -0.05) is 0 Å². The molecule has 0 spiro atoms. The van der Waals surface area contributed by atoms with E-state index in [1.807, 2.05) is 0 Å². The van der Waals surface area contributed by atoms with Crippen molar-refractivity contribution < 1.29 is 19.2 Å². The van der Waals surface area contributed by atoms with E-state index in [1.54, 1.807) is 13.0 Å². The summed E-state index contributed by atoms with van der Waals surface area (Å²) in [6.45, 7) is 3.08. The largest absolute Gasteiger partial charge is 0.496 e. The molecular formula is C16H15N5O5. The number of nitro benzene ring substituents is 1. The summed E-state index contributed by atoms with van der Waals surface area (Å²) in [5, 5.41) is 24.3. The van der Waals surface area contributed by atoms with Crippen LogP contribution in [0.2, 0.25) is 0 Å². The Labute approximate surface area is 148 Å². The van der Waals surface area contributed by atoms with Crippen molar-refractivity contribution in [3.8, 4) is 11.8 Å². The second-order valence-corrected chi connectivity index (χ2v) is 5.18. The first kappa shape index (κ1) is 18.6. The molecule has 10 heteroatoms. The number of carbonyl (C=O) groups excluding carboxylic acids is 2. The van der Waals surface area contributed by atoms with Crippen LogP contribution < -0.4 is 10.2 Å². The van der Waals surface area contributed by atoms with E-state index in [0.29, 0.717) is 0 Å². The summed E-state index contributed by atoms with van der Waals surface area (Å²) < 4.78 is 4.95. The lowest BCUT2D eigenvalue weighted by Crippen LogP contribution is -2.46. The average molecular weight is 357 g/mol. The minimum absolute atomic E-state index is 0.0300. The van der Waals surface area contributed by atoms with E-state index in [9.17, 15) is 19.7 Å². The van der Waals surface area contributed by atoms with Crippen molar-refractivity contribution in [3.05, 3.63) is 39.5 Å². The molecule has 0 fully saturated rings. The van der Waals surface area contributed by atoms with Gasteiger partial charge in [0.15, 0.2) is 5.71 Å². The van der Waals surface area contributed by atoms with Gasteiger partial charge in [0, 0.05) is 12.1 Å². The minimum Gasteiger partial charge on any atom is -0.496 e. The van der Waals surface area contributed by atoms with E-state index in [1.165, 1.54) is 32.2 Å². The number of likely N-dealkylation sites (N-methyl/N-ethyl adjacent to an activating group) is 1. The van der Waals surface area contributed by atoms with Gasteiger partial charge in [0.25, 0.3) is 17.5 Å². The number of methoxy groups -OCH3 is 1. The van der Waals surface area contributed by atoms with Gasteiger partial charge in [-0.25, -0.2) is 0 Å². The van der Waals surface area contributed by atoms with Crippen LogP contribution in [0, 0.1) is 21.4 Å². The van der Waals surface area contributed by atoms with E-state index >= 15 is 0 Å². The van der Waals surface area contributed by atoms with Crippen LogP contribution in [0.4, 0.5) is 11.4 Å². The molecule has 0 saturated heterocycles. The number of ether oxygens (including phenoxy) is 1. The Hall–Kier alpha value is -3.74. The number of amides is 2. The van der Waals surface area contributed by atoms with Gasteiger partial charge in [0.1, 0.15) is 23.1 Å².